The highest BCUT2D eigenvalue weighted by Gasteiger charge is 2.28. The van der Waals surface area contributed by atoms with Crippen LogP contribution in [0.15, 0.2) is 48.5 Å². The molecule has 0 atom stereocenters. The number of benzene rings is 2. The van der Waals surface area contributed by atoms with E-state index in [4.69, 9.17) is 23.2 Å². The van der Waals surface area contributed by atoms with Crippen LogP contribution in [0.3, 0.4) is 0 Å². The van der Waals surface area contributed by atoms with E-state index in [2.05, 4.69) is 0 Å². The van der Waals surface area contributed by atoms with E-state index in [-0.39, 0.29) is 5.78 Å². The molecule has 1 aliphatic rings. The lowest BCUT2D eigenvalue weighted by Gasteiger charge is -2.02. The van der Waals surface area contributed by atoms with Gasteiger partial charge in [0.2, 0.25) is 0 Å². The molecule has 2 aromatic carbocycles. The number of ketones is 1. The lowest BCUT2D eigenvalue weighted by Crippen LogP contribution is -1.97. The highest BCUT2D eigenvalue weighted by molar-refractivity contribution is 6.62. The average molecular weight is 275 g/mol. The second-order valence-corrected chi connectivity index (χ2v) is 4.88. The van der Waals surface area contributed by atoms with Gasteiger partial charge in [0.25, 0.3) is 0 Å². The Morgan fingerprint density at radius 2 is 1.39 bits per heavy atom. The third kappa shape index (κ3) is 1.67. The van der Waals surface area contributed by atoms with E-state index in [9.17, 15) is 4.79 Å². The molecule has 88 valence electrons. The Hall–Kier alpha value is -1.57. The number of hydrogen-bond acceptors (Lipinski definition) is 1. The van der Waals surface area contributed by atoms with Crippen molar-refractivity contribution in [1.29, 1.82) is 0 Å². The second-order valence-electron chi connectivity index (χ2n) is 4.07. The molecule has 0 bridgehead atoms. The first-order valence-corrected chi connectivity index (χ1v) is 6.24. The van der Waals surface area contributed by atoms with Crippen LogP contribution in [0.25, 0.3) is 10.6 Å². The minimum Gasteiger partial charge on any atom is -0.289 e. The lowest BCUT2D eigenvalue weighted by molar-refractivity contribution is 0.105. The average Bonchev–Trinajstić information content (AvgIpc) is 2.64. The zero-order chi connectivity index (χ0) is 12.7. The lowest BCUT2D eigenvalue weighted by atomic mass is 10.0. The first-order chi connectivity index (χ1) is 8.68. The molecule has 0 saturated heterocycles. The number of carbonyl (C=O) groups excluding carboxylic acids is 1. The number of carbonyl (C=O) groups is 1. The van der Waals surface area contributed by atoms with Crippen molar-refractivity contribution in [3.05, 3.63) is 70.2 Å². The van der Waals surface area contributed by atoms with Crippen molar-refractivity contribution in [2.75, 3.05) is 0 Å². The molecule has 2 aromatic rings. The van der Waals surface area contributed by atoms with Crippen molar-refractivity contribution in [2.45, 2.75) is 0 Å². The van der Waals surface area contributed by atoms with Gasteiger partial charge >= 0.3 is 0 Å². The molecule has 0 radical (unpaired) electrons. The summed E-state index contributed by atoms with van der Waals surface area (Å²) in [5, 5.41) is 1.15. The van der Waals surface area contributed by atoms with E-state index in [1.807, 2.05) is 30.3 Å². The number of fused-ring (bicyclic) bond motifs is 1. The van der Waals surface area contributed by atoms with Crippen molar-refractivity contribution < 1.29 is 4.79 Å². The molecule has 0 saturated carbocycles. The zero-order valence-electron chi connectivity index (χ0n) is 9.28. The second kappa shape index (κ2) is 4.27. The Morgan fingerprint density at radius 3 is 2.00 bits per heavy atom. The number of hydrogen-bond donors (Lipinski definition) is 0. The van der Waals surface area contributed by atoms with Gasteiger partial charge in [-0.1, -0.05) is 59.6 Å². The molecule has 0 heterocycles. The molecular weight excluding hydrogens is 267 g/mol. The molecule has 18 heavy (non-hydrogen) atoms. The first kappa shape index (κ1) is 11.5. The van der Waals surface area contributed by atoms with E-state index in [0.717, 1.165) is 11.1 Å². The van der Waals surface area contributed by atoms with Crippen molar-refractivity contribution in [3.8, 4) is 0 Å². The van der Waals surface area contributed by atoms with E-state index in [1.54, 1.807) is 18.2 Å². The van der Waals surface area contributed by atoms with Gasteiger partial charge in [-0.15, -0.1) is 0 Å². The maximum Gasteiger partial charge on any atom is 0.195 e. The van der Waals surface area contributed by atoms with Gasteiger partial charge in [0.05, 0.1) is 5.03 Å². The summed E-state index contributed by atoms with van der Waals surface area (Å²) in [6, 6.07) is 14.5. The van der Waals surface area contributed by atoms with Gasteiger partial charge in [0.1, 0.15) is 0 Å². The molecule has 0 N–H and O–H groups in total. The van der Waals surface area contributed by atoms with Crippen LogP contribution < -0.4 is 0 Å². The van der Waals surface area contributed by atoms with Gasteiger partial charge in [0.15, 0.2) is 5.78 Å². The van der Waals surface area contributed by atoms with Crippen molar-refractivity contribution in [2.24, 2.45) is 0 Å². The predicted octanol–water partition coefficient (Wildman–Crippen LogP) is 4.64. The Bertz CT molecular complexity index is 669. The summed E-state index contributed by atoms with van der Waals surface area (Å²) in [7, 11) is 0. The van der Waals surface area contributed by atoms with Gasteiger partial charge in [-0.2, -0.15) is 0 Å². The van der Waals surface area contributed by atoms with Crippen LogP contribution in [0.5, 0.6) is 0 Å². The van der Waals surface area contributed by atoms with Crippen molar-refractivity contribution in [3.63, 3.8) is 0 Å². The van der Waals surface area contributed by atoms with Crippen LogP contribution in [-0.2, 0) is 0 Å². The molecule has 0 aliphatic heterocycles. The summed E-state index contributed by atoms with van der Waals surface area (Å²) in [6.07, 6.45) is 0. The summed E-state index contributed by atoms with van der Waals surface area (Å²) in [6.45, 7) is 0. The van der Waals surface area contributed by atoms with Crippen LogP contribution in [0.4, 0.5) is 0 Å². The summed E-state index contributed by atoms with van der Waals surface area (Å²) < 4.78 is 0. The minimum atomic E-state index is -0.0297. The Labute approximate surface area is 115 Å². The topological polar surface area (TPSA) is 17.1 Å². The summed E-state index contributed by atoms with van der Waals surface area (Å²) >= 11 is 12.2. The molecule has 0 aromatic heterocycles. The summed E-state index contributed by atoms with van der Waals surface area (Å²) in [5.74, 6) is -0.0297. The maximum atomic E-state index is 12.3. The summed E-state index contributed by atoms with van der Waals surface area (Å²) in [4.78, 5) is 12.3. The first-order valence-electron chi connectivity index (χ1n) is 5.48. The van der Waals surface area contributed by atoms with Crippen LogP contribution in [0.2, 0.25) is 5.02 Å². The molecular formula is C15H8Cl2O. The molecule has 1 nitrogen and oxygen atoms in total. The molecule has 1 aliphatic carbocycles. The zero-order valence-corrected chi connectivity index (χ0v) is 10.8. The number of Topliss-reactive ketones (excluding diaryl/α,β-unsaturated/α-hetero) is 1. The third-order valence-electron chi connectivity index (χ3n) is 2.99. The molecule has 0 fully saturated rings. The Morgan fingerprint density at radius 1 is 0.778 bits per heavy atom. The number of halogens is 2. The van der Waals surface area contributed by atoms with E-state index in [1.165, 1.54) is 0 Å². The van der Waals surface area contributed by atoms with Crippen LogP contribution in [0, 0.1) is 0 Å². The monoisotopic (exact) mass is 274 g/mol. The smallest absolute Gasteiger partial charge is 0.195 e. The third-order valence-corrected chi connectivity index (χ3v) is 3.63. The largest absolute Gasteiger partial charge is 0.289 e. The predicted molar refractivity (Wildman–Crippen MR) is 74.9 cm³/mol. The van der Waals surface area contributed by atoms with Crippen molar-refractivity contribution in [1.82, 2.24) is 0 Å². The van der Waals surface area contributed by atoms with Crippen molar-refractivity contribution >= 4 is 39.6 Å². The molecule has 0 unspecified atom stereocenters. The fraction of sp³-hybridized carbons (Fsp3) is 0. The van der Waals surface area contributed by atoms with Crippen LogP contribution in [-0.4, -0.2) is 5.78 Å². The quantitative estimate of drug-likeness (QED) is 0.740. The highest BCUT2D eigenvalue weighted by Crippen LogP contribution is 2.40. The van der Waals surface area contributed by atoms with Crippen LogP contribution >= 0.6 is 23.2 Å². The molecule has 3 rings (SSSR count). The number of rotatable bonds is 1. The van der Waals surface area contributed by atoms with E-state index >= 15 is 0 Å². The molecule has 0 spiro atoms. The van der Waals surface area contributed by atoms with Gasteiger partial charge in [-0.25, -0.2) is 0 Å². The van der Waals surface area contributed by atoms with Crippen LogP contribution in [0.1, 0.15) is 21.5 Å². The maximum absolute atomic E-state index is 12.3. The summed E-state index contributed by atoms with van der Waals surface area (Å²) in [5.41, 5.74) is 2.81. The number of allylic oxidation sites excluding steroid dienone is 1. The Balaban J connectivity index is 2.18. The molecule has 0 amide bonds. The van der Waals surface area contributed by atoms with E-state index < -0.39 is 0 Å². The normalized spacial score (nSPS) is 14.0. The molecule has 3 heteroatoms. The van der Waals surface area contributed by atoms with Gasteiger partial charge in [-0.05, 0) is 17.7 Å². The van der Waals surface area contributed by atoms with Gasteiger partial charge in [0, 0.05) is 21.7 Å². The fourth-order valence-electron chi connectivity index (χ4n) is 2.12. The SMILES string of the molecule is O=C1C(c2ccc(Cl)cc2)=C(Cl)c2ccccc21. The van der Waals surface area contributed by atoms with Gasteiger partial charge < -0.3 is 0 Å². The van der Waals surface area contributed by atoms with E-state index in [0.29, 0.717) is 21.2 Å². The standard InChI is InChI=1S/C15H8Cl2O/c16-10-7-5-9(6-8-10)13-14(17)11-3-1-2-4-12(11)15(13)18/h1-8H. The fourth-order valence-corrected chi connectivity index (χ4v) is 2.60. The highest BCUT2D eigenvalue weighted by atomic mass is 35.5. The van der Waals surface area contributed by atoms with Gasteiger partial charge in [-0.3, -0.25) is 4.79 Å². The minimum absolute atomic E-state index is 0.0297. The Kier molecular flexibility index (Phi) is 2.73.